The fourth-order valence-corrected chi connectivity index (χ4v) is 2.88. The van der Waals surface area contributed by atoms with Gasteiger partial charge in [-0.1, -0.05) is 17.7 Å². The van der Waals surface area contributed by atoms with Crippen LogP contribution in [-0.4, -0.2) is 48.9 Å². The van der Waals surface area contributed by atoms with Crippen molar-refractivity contribution in [1.82, 2.24) is 24.9 Å². The lowest BCUT2D eigenvalue weighted by atomic mass is 10.2. The smallest absolute Gasteiger partial charge is 0.240 e. The summed E-state index contributed by atoms with van der Waals surface area (Å²) in [5, 5.41) is 11.3. The van der Waals surface area contributed by atoms with Crippen molar-refractivity contribution < 1.29 is 13.2 Å². The van der Waals surface area contributed by atoms with E-state index in [-0.39, 0.29) is 11.4 Å². The van der Waals surface area contributed by atoms with E-state index in [4.69, 9.17) is 4.74 Å². The summed E-state index contributed by atoms with van der Waals surface area (Å²) in [7, 11) is -1.92. The number of hydrogen-bond acceptors (Lipinski definition) is 6. The molecule has 120 valence electrons. The summed E-state index contributed by atoms with van der Waals surface area (Å²) < 4.78 is 33.4. The molecule has 0 aliphatic heterocycles. The van der Waals surface area contributed by atoms with Crippen LogP contribution in [0.3, 0.4) is 0 Å². The van der Waals surface area contributed by atoms with Crippen molar-refractivity contribution in [2.75, 3.05) is 20.3 Å². The molecule has 9 heteroatoms. The molecule has 0 saturated heterocycles. The number of aryl methyl sites for hydroxylation is 1. The highest BCUT2D eigenvalue weighted by Crippen LogP contribution is 2.09. The zero-order valence-corrected chi connectivity index (χ0v) is 13.4. The largest absolute Gasteiger partial charge is 0.384 e. The Balaban J connectivity index is 1.93. The number of ether oxygens (including phenoxy) is 1. The normalized spacial score (nSPS) is 11.7. The van der Waals surface area contributed by atoms with Gasteiger partial charge >= 0.3 is 0 Å². The van der Waals surface area contributed by atoms with Crippen molar-refractivity contribution in [2.24, 2.45) is 0 Å². The molecule has 2 rings (SSSR count). The van der Waals surface area contributed by atoms with E-state index in [1.54, 1.807) is 36.1 Å². The zero-order valence-electron chi connectivity index (χ0n) is 12.6. The number of tetrazole rings is 1. The van der Waals surface area contributed by atoms with Gasteiger partial charge < -0.3 is 4.74 Å². The molecule has 1 N–H and O–H groups in total. The van der Waals surface area contributed by atoms with Gasteiger partial charge in [0.1, 0.15) is 0 Å². The van der Waals surface area contributed by atoms with Crippen molar-refractivity contribution >= 4 is 10.0 Å². The highest BCUT2D eigenvalue weighted by molar-refractivity contribution is 7.89. The molecule has 0 aliphatic carbocycles. The van der Waals surface area contributed by atoms with Gasteiger partial charge in [-0.05, 0) is 29.5 Å². The van der Waals surface area contributed by atoms with Gasteiger partial charge in [-0.2, -0.15) is 0 Å². The first-order chi connectivity index (χ1) is 10.5. The number of aromatic nitrogens is 4. The van der Waals surface area contributed by atoms with Gasteiger partial charge in [-0.25, -0.2) is 17.8 Å². The maximum Gasteiger partial charge on any atom is 0.240 e. The number of nitrogens with one attached hydrogen (secondary N) is 1. The first-order valence-electron chi connectivity index (χ1n) is 6.83. The molecule has 22 heavy (non-hydrogen) atoms. The highest BCUT2D eigenvalue weighted by Gasteiger charge is 2.13. The Bertz CT molecular complexity index is 697. The quantitative estimate of drug-likeness (QED) is 0.742. The second kappa shape index (κ2) is 7.43. The molecular formula is C13H19N5O3S. The van der Waals surface area contributed by atoms with Gasteiger partial charge in [0, 0.05) is 20.1 Å². The summed E-state index contributed by atoms with van der Waals surface area (Å²) in [6.07, 6.45) is 0.578. The van der Waals surface area contributed by atoms with Crippen molar-refractivity contribution in [3.05, 3.63) is 35.7 Å². The predicted octanol–water partition coefficient (Wildman–Crippen LogP) is 0.149. The maximum atomic E-state index is 12.1. The van der Waals surface area contributed by atoms with E-state index in [0.717, 1.165) is 5.56 Å². The maximum absolute atomic E-state index is 12.1. The molecule has 0 saturated carbocycles. The molecule has 1 heterocycles. The van der Waals surface area contributed by atoms with Crippen molar-refractivity contribution in [2.45, 2.75) is 24.8 Å². The highest BCUT2D eigenvalue weighted by atomic mass is 32.2. The van der Waals surface area contributed by atoms with Crippen LogP contribution in [0.4, 0.5) is 0 Å². The third kappa shape index (κ3) is 4.33. The fraction of sp³-hybridized carbons (Fsp3) is 0.462. The number of methoxy groups -OCH3 is 1. The average Bonchev–Trinajstić information content (AvgIpc) is 2.93. The molecular weight excluding hydrogens is 306 g/mol. The van der Waals surface area contributed by atoms with Crippen LogP contribution in [0.1, 0.15) is 11.4 Å². The Morgan fingerprint density at radius 2 is 2.00 bits per heavy atom. The van der Waals surface area contributed by atoms with E-state index >= 15 is 0 Å². The lowest BCUT2D eigenvalue weighted by Gasteiger charge is -2.08. The zero-order chi connectivity index (χ0) is 16.0. The van der Waals surface area contributed by atoms with Crippen LogP contribution < -0.4 is 4.72 Å². The lowest BCUT2D eigenvalue weighted by Crippen LogP contribution is -2.28. The summed E-state index contributed by atoms with van der Waals surface area (Å²) >= 11 is 0. The number of hydrogen-bond donors (Lipinski definition) is 1. The van der Waals surface area contributed by atoms with Crippen LogP contribution in [-0.2, 0) is 27.7 Å². The van der Waals surface area contributed by atoms with Gasteiger partial charge in [0.25, 0.3) is 0 Å². The number of benzene rings is 1. The van der Waals surface area contributed by atoms with Crippen LogP contribution in [0.2, 0.25) is 0 Å². The minimum Gasteiger partial charge on any atom is -0.384 e. The molecule has 0 bridgehead atoms. The molecule has 0 spiro atoms. The average molecular weight is 325 g/mol. The minimum atomic E-state index is -3.52. The van der Waals surface area contributed by atoms with Crippen molar-refractivity contribution in [3.63, 3.8) is 0 Å². The predicted molar refractivity (Wildman–Crippen MR) is 79.8 cm³/mol. The molecule has 1 aromatic carbocycles. The van der Waals surface area contributed by atoms with Gasteiger partial charge in [-0.15, -0.1) is 5.10 Å². The van der Waals surface area contributed by atoms with E-state index in [2.05, 4.69) is 20.2 Å². The van der Waals surface area contributed by atoms with Crippen LogP contribution >= 0.6 is 0 Å². The molecule has 0 fully saturated rings. The summed E-state index contributed by atoms with van der Waals surface area (Å²) in [6.45, 7) is 2.98. The Kier molecular flexibility index (Phi) is 5.58. The molecule has 0 atom stereocenters. The second-order valence-corrected chi connectivity index (χ2v) is 6.54. The molecule has 0 radical (unpaired) electrons. The van der Waals surface area contributed by atoms with Crippen LogP contribution in [0, 0.1) is 6.92 Å². The van der Waals surface area contributed by atoms with E-state index in [9.17, 15) is 8.42 Å². The van der Waals surface area contributed by atoms with Crippen LogP contribution in [0.5, 0.6) is 0 Å². The minimum absolute atomic E-state index is 0.210. The lowest BCUT2D eigenvalue weighted by molar-refractivity contribution is 0.199. The van der Waals surface area contributed by atoms with E-state index < -0.39 is 10.0 Å². The van der Waals surface area contributed by atoms with Crippen LogP contribution in [0.25, 0.3) is 0 Å². The SMILES string of the molecule is COCCc1nnnn1CCNS(=O)(=O)c1ccc(C)cc1. The summed E-state index contributed by atoms with van der Waals surface area (Å²) in [5.41, 5.74) is 1.01. The van der Waals surface area contributed by atoms with Gasteiger partial charge in [0.05, 0.1) is 18.0 Å². The van der Waals surface area contributed by atoms with Gasteiger partial charge in [0.15, 0.2) is 5.82 Å². The topological polar surface area (TPSA) is 99.0 Å². The summed E-state index contributed by atoms with van der Waals surface area (Å²) in [4.78, 5) is 0.245. The molecule has 2 aromatic rings. The number of nitrogens with zero attached hydrogens (tertiary/aromatic N) is 4. The third-order valence-electron chi connectivity index (χ3n) is 3.08. The fourth-order valence-electron chi connectivity index (χ4n) is 1.86. The van der Waals surface area contributed by atoms with Crippen molar-refractivity contribution in [3.8, 4) is 0 Å². The van der Waals surface area contributed by atoms with Gasteiger partial charge in [0.2, 0.25) is 10.0 Å². The van der Waals surface area contributed by atoms with Crippen LogP contribution in [0.15, 0.2) is 29.2 Å². The Hall–Kier alpha value is -1.84. The number of sulfonamides is 1. The first-order valence-corrected chi connectivity index (χ1v) is 8.31. The van der Waals surface area contributed by atoms with Crippen molar-refractivity contribution in [1.29, 1.82) is 0 Å². The Morgan fingerprint density at radius 3 is 2.68 bits per heavy atom. The second-order valence-electron chi connectivity index (χ2n) is 4.77. The van der Waals surface area contributed by atoms with E-state index in [0.29, 0.717) is 25.4 Å². The summed E-state index contributed by atoms with van der Waals surface area (Å²) in [5.74, 6) is 0.663. The van der Waals surface area contributed by atoms with E-state index in [1.807, 2.05) is 6.92 Å². The molecule has 0 amide bonds. The summed E-state index contributed by atoms with van der Waals surface area (Å²) in [6, 6.07) is 6.69. The molecule has 0 aliphatic rings. The standard InChI is InChI=1S/C13H19N5O3S/c1-11-3-5-12(6-4-11)22(19,20)14-8-9-18-13(7-10-21-2)15-16-17-18/h3-6,14H,7-10H2,1-2H3. The van der Waals surface area contributed by atoms with Gasteiger partial charge in [-0.3, -0.25) is 0 Å². The molecule has 8 nitrogen and oxygen atoms in total. The first kappa shape index (κ1) is 16.5. The third-order valence-corrected chi connectivity index (χ3v) is 4.56. The molecule has 0 unspecified atom stereocenters. The Morgan fingerprint density at radius 1 is 1.27 bits per heavy atom. The molecule has 1 aromatic heterocycles. The Labute approximate surface area is 129 Å². The van der Waals surface area contributed by atoms with E-state index in [1.165, 1.54) is 0 Å². The monoisotopic (exact) mass is 325 g/mol. The number of rotatable bonds is 8.